The third-order valence-corrected chi connectivity index (χ3v) is 2.98. The topological polar surface area (TPSA) is 151 Å². The Bertz CT molecular complexity index is 660. The van der Waals surface area contributed by atoms with Crippen LogP contribution in [0.4, 0.5) is 5.69 Å². The van der Waals surface area contributed by atoms with E-state index in [0.717, 1.165) is 6.92 Å². The predicted octanol–water partition coefficient (Wildman–Crippen LogP) is -0.321. The number of esters is 1. The summed E-state index contributed by atoms with van der Waals surface area (Å²) in [7, 11) is 1.36. The quantitative estimate of drug-likeness (QED) is 0.374. The lowest BCUT2D eigenvalue weighted by Gasteiger charge is -2.17. The van der Waals surface area contributed by atoms with Crippen LogP contribution in [0, 0.1) is 10.1 Å². The minimum Gasteiger partial charge on any atom is -0.496 e. The van der Waals surface area contributed by atoms with Crippen molar-refractivity contribution in [1.29, 1.82) is 0 Å². The molecule has 0 fully saturated rings. The lowest BCUT2D eigenvalue weighted by molar-refractivity contribution is -0.384. The highest BCUT2D eigenvalue weighted by Crippen LogP contribution is 2.25. The fourth-order valence-corrected chi connectivity index (χ4v) is 1.88. The van der Waals surface area contributed by atoms with Gasteiger partial charge in [0.1, 0.15) is 11.8 Å². The van der Waals surface area contributed by atoms with Crippen LogP contribution in [0.1, 0.15) is 12.5 Å². The van der Waals surface area contributed by atoms with Gasteiger partial charge in [-0.25, -0.2) is 0 Å². The number of hydrogen-bond donors (Lipinski definition) is 2. The maximum atomic E-state index is 11.6. The summed E-state index contributed by atoms with van der Waals surface area (Å²) in [5, 5.41) is 13.2. The molecule has 0 aromatic heterocycles. The molecule has 0 heterocycles. The Labute approximate surface area is 137 Å². The Morgan fingerprint density at radius 2 is 2.04 bits per heavy atom. The standard InChI is InChI=1S/C14H17N3O7/c1-8(18)24-7-13(19)16-11(14(15)20)6-9-5-10(17(21)22)3-4-12(9)23-2/h3-5,11H,6-7H2,1-2H3,(H2,15,20)(H,16,19)/t11-/m0/s1. The van der Waals surface area contributed by atoms with Crippen LogP contribution in [0.15, 0.2) is 18.2 Å². The van der Waals surface area contributed by atoms with Crippen molar-refractivity contribution in [1.82, 2.24) is 5.32 Å². The summed E-state index contributed by atoms with van der Waals surface area (Å²) in [6.07, 6.45) is -0.119. The number of amides is 2. The minimum absolute atomic E-state index is 0.119. The largest absolute Gasteiger partial charge is 0.496 e. The van der Waals surface area contributed by atoms with Crippen molar-refractivity contribution in [2.75, 3.05) is 13.7 Å². The Morgan fingerprint density at radius 1 is 1.38 bits per heavy atom. The van der Waals surface area contributed by atoms with Crippen molar-refractivity contribution in [3.05, 3.63) is 33.9 Å². The summed E-state index contributed by atoms with van der Waals surface area (Å²) < 4.78 is 9.60. The average Bonchev–Trinajstić information content (AvgIpc) is 2.51. The van der Waals surface area contributed by atoms with Crippen LogP contribution in [-0.4, -0.2) is 42.5 Å². The van der Waals surface area contributed by atoms with Gasteiger partial charge in [0.2, 0.25) is 5.91 Å². The van der Waals surface area contributed by atoms with Crippen LogP contribution >= 0.6 is 0 Å². The van der Waals surface area contributed by atoms with Crippen molar-refractivity contribution in [3.8, 4) is 5.75 Å². The molecule has 0 aliphatic rings. The van der Waals surface area contributed by atoms with Crippen molar-refractivity contribution in [2.24, 2.45) is 5.73 Å². The van der Waals surface area contributed by atoms with Gasteiger partial charge >= 0.3 is 5.97 Å². The lowest BCUT2D eigenvalue weighted by Crippen LogP contribution is -2.47. The van der Waals surface area contributed by atoms with Gasteiger partial charge in [-0.15, -0.1) is 0 Å². The Balaban J connectivity index is 2.93. The van der Waals surface area contributed by atoms with Crippen molar-refractivity contribution in [2.45, 2.75) is 19.4 Å². The average molecular weight is 339 g/mol. The number of carbonyl (C=O) groups excluding carboxylic acids is 3. The molecule has 1 rings (SSSR count). The number of rotatable bonds is 8. The minimum atomic E-state index is -1.15. The molecule has 1 atom stereocenters. The highest BCUT2D eigenvalue weighted by molar-refractivity contribution is 5.88. The Kier molecular flexibility index (Phi) is 6.65. The summed E-state index contributed by atoms with van der Waals surface area (Å²) in [6, 6.07) is 2.71. The molecule has 10 heteroatoms. The number of primary amides is 1. The zero-order valence-electron chi connectivity index (χ0n) is 13.1. The number of nitro groups is 1. The van der Waals surface area contributed by atoms with Gasteiger partial charge < -0.3 is 20.5 Å². The number of ether oxygens (including phenoxy) is 2. The SMILES string of the molecule is COc1ccc([N+](=O)[O-])cc1C[C@H](NC(=O)COC(C)=O)C(N)=O. The molecule has 3 N–H and O–H groups in total. The zero-order chi connectivity index (χ0) is 18.3. The first-order valence-corrected chi connectivity index (χ1v) is 6.78. The van der Waals surface area contributed by atoms with Crippen molar-refractivity contribution >= 4 is 23.5 Å². The number of nitrogens with one attached hydrogen (secondary N) is 1. The molecule has 10 nitrogen and oxygen atoms in total. The van der Waals surface area contributed by atoms with Gasteiger partial charge in [-0.1, -0.05) is 0 Å². The first-order valence-electron chi connectivity index (χ1n) is 6.78. The number of hydrogen-bond acceptors (Lipinski definition) is 7. The smallest absolute Gasteiger partial charge is 0.303 e. The fourth-order valence-electron chi connectivity index (χ4n) is 1.88. The van der Waals surface area contributed by atoms with E-state index in [-0.39, 0.29) is 12.1 Å². The summed E-state index contributed by atoms with van der Waals surface area (Å²) in [6.45, 7) is 0.567. The third-order valence-electron chi connectivity index (χ3n) is 2.98. The second kappa shape index (κ2) is 8.46. The zero-order valence-corrected chi connectivity index (χ0v) is 13.1. The molecule has 0 bridgehead atoms. The molecule has 0 aliphatic carbocycles. The Hall–Kier alpha value is -3.17. The van der Waals surface area contributed by atoms with Crippen molar-refractivity contribution < 1.29 is 28.8 Å². The number of methoxy groups -OCH3 is 1. The van der Waals surface area contributed by atoms with Gasteiger partial charge in [0, 0.05) is 31.0 Å². The second-order valence-corrected chi connectivity index (χ2v) is 4.76. The fraction of sp³-hybridized carbons (Fsp3) is 0.357. The molecule has 24 heavy (non-hydrogen) atoms. The molecule has 0 unspecified atom stereocenters. The van der Waals surface area contributed by atoms with E-state index in [9.17, 15) is 24.5 Å². The molecule has 0 aliphatic heterocycles. The van der Waals surface area contributed by atoms with Gasteiger partial charge in [-0.3, -0.25) is 24.5 Å². The van der Waals surface area contributed by atoms with Gasteiger partial charge in [-0.2, -0.15) is 0 Å². The van der Waals surface area contributed by atoms with Gasteiger partial charge in [0.25, 0.3) is 11.6 Å². The van der Waals surface area contributed by atoms with E-state index >= 15 is 0 Å². The number of nitro benzene ring substituents is 1. The normalized spacial score (nSPS) is 11.2. The number of nitrogens with zero attached hydrogens (tertiary/aromatic N) is 1. The molecule has 1 aromatic rings. The maximum absolute atomic E-state index is 11.6. The van der Waals surface area contributed by atoms with Gasteiger partial charge in [0.05, 0.1) is 12.0 Å². The summed E-state index contributed by atoms with van der Waals surface area (Å²) in [5.41, 5.74) is 5.37. The highest BCUT2D eigenvalue weighted by Gasteiger charge is 2.22. The van der Waals surface area contributed by atoms with Crippen LogP contribution < -0.4 is 15.8 Å². The molecule has 2 amide bonds. The van der Waals surface area contributed by atoms with E-state index in [1.54, 1.807) is 0 Å². The summed E-state index contributed by atoms with van der Waals surface area (Å²) in [5.74, 6) is -1.92. The number of non-ortho nitro benzene ring substituents is 1. The van der Waals surface area contributed by atoms with Crippen LogP contribution in [0.3, 0.4) is 0 Å². The predicted molar refractivity (Wildman–Crippen MR) is 81.1 cm³/mol. The van der Waals surface area contributed by atoms with E-state index in [4.69, 9.17) is 10.5 Å². The first kappa shape index (κ1) is 18.9. The molecular weight excluding hydrogens is 322 g/mol. The molecule has 0 saturated carbocycles. The van der Waals surface area contributed by atoms with E-state index < -0.39 is 35.4 Å². The Morgan fingerprint density at radius 3 is 2.54 bits per heavy atom. The number of benzene rings is 1. The van der Waals surface area contributed by atoms with E-state index in [1.165, 1.54) is 25.3 Å². The third kappa shape index (κ3) is 5.55. The van der Waals surface area contributed by atoms with E-state index in [2.05, 4.69) is 10.1 Å². The first-order chi connectivity index (χ1) is 11.2. The summed E-state index contributed by atoms with van der Waals surface area (Å²) in [4.78, 5) is 44.1. The van der Waals surface area contributed by atoms with E-state index in [1.807, 2.05) is 0 Å². The summed E-state index contributed by atoms with van der Waals surface area (Å²) >= 11 is 0. The van der Waals surface area contributed by atoms with Crippen LogP contribution in [-0.2, 0) is 25.5 Å². The highest BCUT2D eigenvalue weighted by atomic mass is 16.6. The van der Waals surface area contributed by atoms with Crippen molar-refractivity contribution in [3.63, 3.8) is 0 Å². The van der Waals surface area contributed by atoms with Gasteiger partial charge in [0.15, 0.2) is 6.61 Å². The van der Waals surface area contributed by atoms with E-state index in [0.29, 0.717) is 11.3 Å². The molecule has 0 saturated heterocycles. The van der Waals surface area contributed by atoms with Crippen LogP contribution in [0.25, 0.3) is 0 Å². The monoisotopic (exact) mass is 339 g/mol. The molecule has 130 valence electrons. The molecule has 0 radical (unpaired) electrons. The second-order valence-electron chi connectivity index (χ2n) is 4.76. The van der Waals surface area contributed by atoms with Crippen LogP contribution in [0.2, 0.25) is 0 Å². The molecular formula is C14H17N3O7. The van der Waals surface area contributed by atoms with Crippen LogP contribution in [0.5, 0.6) is 5.75 Å². The lowest BCUT2D eigenvalue weighted by atomic mass is 10.0. The number of nitrogens with two attached hydrogens (primary N) is 1. The molecule has 0 spiro atoms. The number of carbonyl (C=O) groups is 3. The molecule has 1 aromatic carbocycles. The maximum Gasteiger partial charge on any atom is 0.303 e. The van der Waals surface area contributed by atoms with Gasteiger partial charge in [-0.05, 0) is 6.07 Å².